The molecule has 104 valence electrons. The number of nitro benzene ring substituents is 1. The highest BCUT2D eigenvalue weighted by Crippen LogP contribution is 2.17. The summed E-state index contributed by atoms with van der Waals surface area (Å²) >= 11 is 0. The molecule has 0 spiro atoms. The fourth-order valence-corrected chi connectivity index (χ4v) is 2.37. The summed E-state index contributed by atoms with van der Waals surface area (Å²) in [5.74, 6) is 0. The van der Waals surface area contributed by atoms with Gasteiger partial charge >= 0.3 is 0 Å². The first kappa shape index (κ1) is 14.0. The number of hydrogen-bond acceptors (Lipinski definition) is 5. The molecule has 20 heavy (non-hydrogen) atoms. The van der Waals surface area contributed by atoms with Crippen LogP contribution in [0.2, 0.25) is 0 Å². The van der Waals surface area contributed by atoms with Crippen molar-refractivity contribution in [1.82, 2.24) is 4.83 Å². The summed E-state index contributed by atoms with van der Waals surface area (Å²) in [6.45, 7) is 0. The van der Waals surface area contributed by atoms with Gasteiger partial charge in [0, 0.05) is 17.8 Å². The largest absolute Gasteiger partial charge is 0.308 e. The molecular formula is C12H11N3O4S. The molecule has 0 saturated carbocycles. The van der Waals surface area contributed by atoms with Crippen molar-refractivity contribution in [2.45, 2.75) is 4.90 Å². The third kappa shape index (κ3) is 3.31. The second-order valence-electron chi connectivity index (χ2n) is 3.85. The lowest BCUT2D eigenvalue weighted by Gasteiger charge is -2.09. The van der Waals surface area contributed by atoms with Crippen LogP contribution in [0.1, 0.15) is 0 Å². The van der Waals surface area contributed by atoms with Crippen molar-refractivity contribution in [3.63, 3.8) is 0 Å². The molecule has 8 heteroatoms. The molecule has 0 aliphatic heterocycles. The zero-order chi connectivity index (χ0) is 14.6. The molecule has 2 aromatic carbocycles. The van der Waals surface area contributed by atoms with Gasteiger partial charge in [0.1, 0.15) is 0 Å². The van der Waals surface area contributed by atoms with Crippen LogP contribution in [0.5, 0.6) is 0 Å². The van der Waals surface area contributed by atoms with Crippen LogP contribution in [0, 0.1) is 10.1 Å². The van der Waals surface area contributed by atoms with Crippen LogP contribution in [-0.2, 0) is 10.0 Å². The predicted octanol–water partition coefficient (Wildman–Crippen LogP) is 1.90. The minimum atomic E-state index is -3.88. The van der Waals surface area contributed by atoms with Crippen LogP contribution in [0.4, 0.5) is 11.4 Å². The molecule has 0 aliphatic carbocycles. The lowest BCUT2D eigenvalue weighted by atomic mass is 10.3. The molecule has 2 N–H and O–H groups in total. The Morgan fingerprint density at radius 3 is 2.35 bits per heavy atom. The summed E-state index contributed by atoms with van der Waals surface area (Å²) in [5.41, 5.74) is 2.80. The Hall–Kier alpha value is -2.45. The van der Waals surface area contributed by atoms with E-state index in [1.807, 2.05) is 0 Å². The summed E-state index contributed by atoms with van der Waals surface area (Å²) in [4.78, 5) is 12.0. The number of rotatable bonds is 5. The Morgan fingerprint density at radius 2 is 1.70 bits per heavy atom. The highest BCUT2D eigenvalue weighted by molar-refractivity contribution is 7.89. The standard InChI is InChI=1S/C12H11N3O4S/c16-15(17)11-7-4-8-12(9-11)20(18,19)14-13-10-5-2-1-3-6-10/h1-9,13-14H. The van der Waals surface area contributed by atoms with Gasteiger partial charge in [-0.1, -0.05) is 24.3 Å². The van der Waals surface area contributed by atoms with Crippen molar-refractivity contribution < 1.29 is 13.3 Å². The van der Waals surface area contributed by atoms with Gasteiger partial charge in [-0.15, -0.1) is 4.83 Å². The maximum absolute atomic E-state index is 12.0. The van der Waals surface area contributed by atoms with Gasteiger partial charge in [-0.25, -0.2) is 8.42 Å². The maximum Gasteiger partial charge on any atom is 0.270 e. The Bertz CT molecular complexity index is 716. The first-order chi connectivity index (χ1) is 9.49. The van der Waals surface area contributed by atoms with Gasteiger partial charge in [-0.05, 0) is 18.2 Å². The monoisotopic (exact) mass is 293 g/mol. The minimum Gasteiger partial charge on any atom is -0.308 e. The SMILES string of the molecule is O=[N+]([O-])c1cccc(S(=O)(=O)NNc2ccccc2)c1. The molecule has 0 aliphatic rings. The summed E-state index contributed by atoms with van der Waals surface area (Å²) in [7, 11) is -3.88. The number of anilines is 1. The van der Waals surface area contributed by atoms with E-state index in [1.165, 1.54) is 18.2 Å². The van der Waals surface area contributed by atoms with Gasteiger partial charge in [0.15, 0.2) is 0 Å². The lowest BCUT2D eigenvalue weighted by molar-refractivity contribution is -0.385. The number of nitrogens with one attached hydrogen (secondary N) is 2. The molecule has 0 heterocycles. The third-order valence-corrected chi connectivity index (χ3v) is 3.69. The van der Waals surface area contributed by atoms with Crippen molar-refractivity contribution >= 4 is 21.4 Å². The molecule has 7 nitrogen and oxygen atoms in total. The number of hydrazine groups is 1. The molecule has 0 aromatic heterocycles. The Labute approximate surface area is 115 Å². The van der Waals surface area contributed by atoms with Gasteiger partial charge in [0.25, 0.3) is 15.7 Å². The first-order valence-electron chi connectivity index (χ1n) is 5.56. The van der Waals surface area contributed by atoms with Gasteiger partial charge < -0.3 is 5.43 Å². The molecule has 0 atom stereocenters. The summed E-state index contributed by atoms with van der Waals surface area (Å²) in [6, 6.07) is 13.4. The molecule has 0 fully saturated rings. The second-order valence-corrected chi connectivity index (χ2v) is 5.53. The number of nitro groups is 1. The molecule has 0 unspecified atom stereocenters. The zero-order valence-corrected chi connectivity index (χ0v) is 11.0. The number of hydrogen-bond donors (Lipinski definition) is 2. The van der Waals surface area contributed by atoms with Crippen LogP contribution in [0.3, 0.4) is 0 Å². The topological polar surface area (TPSA) is 101 Å². The van der Waals surface area contributed by atoms with Gasteiger partial charge in [0.05, 0.1) is 9.82 Å². The highest BCUT2D eigenvalue weighted by atomic mass is 32.2. The first-order valence-corrected chi connectivity index (χ1v) is 7.05. The summed E-state index contributed by atoms with van der Waals surface area (Å²) in [5, 5.41) is 10.6. The number of non-ortho nitro benzene ring substituents is 1. The summed E-state index contributed by atoms with van der Waals surface area (Å²) in [6.07, 6.45) is 0. The lowest BCUT2D eigenvalue weighted by Crippen LogP contribution is -2.29. The van der Waals surface area contributed by atoms with Gasteiger partial charge in [0.2, 0.25) is 0 Å². The average molecular weight is 293 g/mol. The van der Waals surface area contributed by atoms with Crippen molar-refractivity contribution in [2.24, 2.45) is 0 Å². The molecule has 0 saturated heterocycles. The predicted molar refractivity (Wildman–Crippen MR) is 73.5 cm³/mol. The quantitative estimate of drug-likeness (QED) is 0.647. The van der Waals surface area contributed by atoms with E-state index >= 15 is 0 Å². The van der Waals surface area contributed by atoms with Gasteiger partial charge in [-0.3, -0.25) is 10.1 Å². The van der Waals surface area contributed by atoms with E-state index in [4.69, 9.17) is 0 Å². The van der Waals surface area contributed by atoms with Crippen LogP contribution >= 0.6 is 0 Å². The number of nitrogens with zero attached hydrogens (tertiary/aromatic N) is 1. The van der Waals surface area contributed by atoms with E-state index in [0.717, 1.165) is 6.07 Å². The average Bonchev–Trinajstić information content (AvgIpc) is 2.46. The molecule has 0 amide bonds. The second kappa shape index (κ2) is 5.68. The van der Waals surface area contributed by atoms with Crippen molar-refractivity contribution in [1.29, 1.82) is 0 Å². The van der Waals surface area contributed by atoms with Crippen molar-refractivity contribution in [2.75, 3.05) is 5.43 Å². The van der Waals surface area contributed by atoms with Crippen molar-refractivity contribution in [3.05, 3.63) is 64.7 Å². The molecule has 0 bridgehead atoms. The van der Waals surface area contributed by atoms with Crippen LogP contribution in [-0.4, -0.2) is 13.3 Å². The molecule has 2 rings (SSSR count). The van der Waals surface area contributed by atoms with Crippen LogP contribution in [0.15, 0.2) is 59.5 Å². The Morgan fingerprint density at radius 1 is 1.00 bits per heavy atom. The fourth-order valence-electron chi connectivity index (χ4n) is 1.47. The smallest absolute Gasteiger partial charge is 0.270 e. The van der Waals surface area contributed by atoms with E-state index in [0.29, 0.717) is 5.69 Å². The fraction of sp³-hybridized carbons (Fsp3) is 0. The van der Waals surface area contributed by atoms with E-state index in [9.17, 15) is 18.5 Å². The third-order valence-electron chi connectivity index (χ3n) is 2.44. The number of sulfonamides is 1. The number of para-hydroxylation sites is 1. The maximum atomic E-state index is 12.0. The van der Waals surface area contributed by atoms with Crippen LogP contribution in [0.25, 0.3) is 0 Å². The van der Waals surface area contributed by atoms with Crippen molar-refractivity contribution in [3.8, 4) is 0 Å². The molecular weight excluding hydrogens is 282 g/mol. The van der Waals surface area contributed by atoms with E-state index < -0.39 is 14.9 Å². The Kier molecular flexibility index (Phi) is 3.97. The van der Waals surface area contributed by atoms with E-state index in [1.54, 1.807) is 30.3 Å². The molecule has 2 aromatic rings. The number of benzene rings is 2. The van der Waals surface area contributed by atoms with Gasteiger partial charge in [-0.2, -0.15) is 0 Å². The van der Waals surface area contributed by atoms with E-state index in [-0.39, 0.29) is 10.6 Å². The summed E-state index contributed by atoms with van der Waals surface area (Å²) < 4.78 is 24.0. The highest BCUT2D eigenvalue weighted by Gasteiger charge is 2.17. The zero-order valence-electron chi connectivity index (χ0n) is 10.2. The molecule has 0 radical (unpaired) electrons. The van der Waals surface area contributed by atoms with Crippen LogP contribution < -0.4 is 10.3 Å². The minimum absolute atomic E-state index is 0.185. The normalized spacial score (nSPS) is 11.0. The van der Waals surface area contributed by atoms with E-state index in [2.05, 4.69) is 10.3 Å². The Balaban J connectivity index is 2.18.